The van der Waals surface area contributed by atoms with Crippen LogP contribution in [-0.4, -0.2) is 15.8 Å². The molecule has 1 aromatic rings. The van der Waals surface area contributed by atoms with E-state index in [1.807, 2.05) is 13.8 Å². The number of nitrogens with zero attached hydrogens (tertiary/aromatic N) is 1. The molecule has 142 valence electrons. The lowest BCUT2D eigenvalue weighted by Crippen LogP contribution is -2.20. The summed E-state index contributed by atoms with van der Waals surface area (Å²) in [4.78, 5) is 11.3. The highest BCUT2D eigenvalue weighted by Crippen LogP contribution is 2.33. The second-order valence-corrected chi connectivity index (χ2v) is 4.91. The first-order chi connectivity index (χ1) is 11.6. The van der Waals surface area contributed by atoms with Crippen molar-refractivity contribution in [1.29, 1.82) is 0 Å². The van der Waals surface area contributed by atoms with Gasteiger partial charge in [0.05, 0.1) is 5.57 Å². The minimum Gasteiger partial charge on any atom is -0.503 e. The molecule has 0 spiro atoms. The summed E-state index contributed by atoms with van der Waals surface area (Å²) >= 11 is 5.58. The molecule has 0 saturated carbocycles. The monoisotopic (exact) mass is 387 g/mol. The highest BCUT2D eigenvalue weighted by molar-refractivity contribution is 6.32. The van der Waals surface area contributed by atoms with Gasteiger partial charge in [-0.15, -0.1) is 0 Å². The molecule has 0 aromatic carbocycles. The molecule has 25 heavy (non-hydrogen) atoms. The summed E-state index contributed by atoms with van der Waals surface area (Å²) in [7, 11) is 0. The second-order valence-electron chi connectivity index (χ2n) is 4.50. The fourth-order valence-electron chi connectivity index (χ4n) is 1.76. The Morgan fingerprint density at radius 3 is 2.32 bits per heavy atom. The van der Waals surface area contributed by atoms with Crippen molar-refractivity contribution in [1.82, 2.24) is 4.57 Å². The van der Waals surface area contributed by atoms with Crippen LogP contribution in [0.15, 0.2) is 39.8 Å². The van der Waals surface area contributed by atoms with Gasteiger partial charge in [-0.1, -0.05) is 44.5 Å². The van der Waals surface area contributed by atoms with Gasteiger partial charge in [0, 0.05) is 11.2 Å². The Morgan fingerprint density at radius 1 is 1.32 bits per heavy atom. The Balaban J connectivity index is 0.00000277. The van der Waals surface area contributed by atoms with E-state index in [0.29, 0.717) is 12.3 Å². The molecule has 0 aliphatic heterocycles. The van der Waals surface area contributed by atoms with E-state index in [-0.39, 0.29) is 16.6 Å². The molecule has 0 fully saturated rings. The average molecular weight is 388 g/mol. The molecule has 9 heteroatoms. The summed E-state index contributed by atoms with van der Waals surface area (Å²) in [6.45, 7) is 2.38. The summed E-state index contributed by atoms with van der Waals surface area (Å²) in [5, 5.41) is 8.79. The minimum atomic E-state index is -4.72. The zero-order valence-corrected chi connectivity index (χ0v) is 14.6. The molecule has 0 saturated heterocycles. The van der Waals surface area contributed by atoms with Gasteiger partial charge in [-0.3, -0.25) is 9.36 Å². The van der Waals surface area contributed by atoms with Crippen LogP contribution < -0.4 is 5.56 Å². The zero-order valence-electron chi connectivity index (χ0n) is 13.9. The third-order valence-corrected chi connectivity index (χ3v) is 3.14. The van der Waals surface area contributed by atoms with Gasteiger partial charge >= 0.3 is 12.7 Å². The van der Waals surface area contributed by atoms with Gasteiger partial charge in [0.1, 0.15) is 0 Å². The molecular formula is C16H19ClF5NO2. The normalized spacial score (nSPS) is 12.9. The van der Waals surface area contributed by atoms with Crippen molar-refractivity contribution in [3.8, 4) is 5.75 Å². The van der Waals surface area contributed by atoms with Crippen LogP contribution in [0.3, 0.4) is 0 Å². The molecule has 0 unspecified atom stereocenters. The van der Waals surface area contributed by atoms with Crippen molar-refractivity contribution in [2.24, 2.45) is 0 Å². The Kier molecular flexibility index (Phi) is 9.48. The summed E-state index contributed by atoms with van der Waals surface area (Å²) in [5.41, 5.74) is -2.53. The molecule has 1 N–H and O–H groups in total. The van der Waals surface area contributed by atoms with Crippen molar-refractivity contribution < 1.29 is 27.1 Å². The predicted octanol–water partition coefficient (Wildman–Crippen LogP) is 5.54. The maximum atomic E-state index is 12.9. The molecule has 0 aliphatic carbocycles. The standard InChI is InChI=1S/C14H13ClF5NO2.C2H6/c1-2-3-10(15)9(14(18,19)20)5-4-8-6-11(22)12(23)21(7-8)13(16)17;1-2/h3,5-7,13,22H,2,4H2,1H3;1-2H3/b9-5+,10-3+;. The number of aromatic hydroxyl groups is 1. The van der Waals surface area contributed by atoms with Crippen LogP contribution in [0.2, 0.25) is 0 Å². The maximum Gasteiger partial charge on any atom is 0.417 e. The van der Waals surface area contributed by atoms with Gasteiger partial charge in [-0.05, 0) is 24.5 Å². The molecule has 1 rings (SSSR count). The first-order valence-corrected chi connectivity index (χ1v) is 7.81. The topological polar surface area (TPSA) is 42.2 Å². The van der Waals surface area contributed by atoms with Crippen molar-refractivity contribution in [3.63, 3.8) is 0 Å². The minimum absolute atomic E-state index is 0.0603. The first-order valence-electron chi connectivity index (χ1n) is 7.43. The van der Waals surface area contributed by atoms with E-state index < -0.39 is 41.1 Å². The van der Waals surface area contributed by atoms with Crippen LogP contribution in [0.4, 0.5) is 22.0 Å². The fraction of sp³-hybridized carbons (Fsp3) is 0.438. The van der Waals surface area contributed by atoms with Gasteiger partial charge in [0.2, 0.25) is 0 Å². The third kappa shape index (κ3) is 6.89. The molecule has 0 bridgehead atoms. The van der Waals surface area contributed by atoms with E-state index in [1.54, 1.807) is 6.92 Å². The smallest absolute Gasteiger partial charge is 0.417 e. The Labute approximate surface area is 147 Å². The lowest BCUT2D eigenvalue weighted by atomic mass is 10.1. The fourth-order valence-corrected chi connectivity index (χ4v) is 2.10. The van der Waals surface area contributed by atoms with Crippen LogP contribution in [0.5, 0.6) is 5.75 Å². The number of allylic oxidation sites excluding steroid dienone is 4. The summed E-state index contributed by atoms with van der Waals surface area (Å²) in [5.74, 6) is -0.972. The second kappa shape index (κ2) is 10.2. The summed E-state index contributed by atoms with van der Waals surface area (Å²) < 4.78 is 64.0. The van der Waals surface area contributed by atoms with Crippen LogP contribution in [0.1, 0.15) is 39.3 Å². The number of alkyl halides is 5. The third-order valence-electron chi connectivity index (χ3n) is 2.78. The van der Waals surface area contributed by atoms with E-state index in [2.05, 4.69) is 0 Å². The van der Waals surface area contributed by atoms with Crippen LogP contribution >= 0.6 is 11.6 Å². The average Bonchev–Trinajstić information content (AvgIpc) is 2.51. The molecule has 0 aliphatic rings. The van der Waals surface area contributed by atoms with E-state index in [9.17, 15) is 31.9 Å². The number of pyridine rings is 1. The molecule has 0 atom stereocenters. The van der Waals surface area contributed by atoms with Crippen LogP contribution in [0, 0.1) is 0 Å². The van der Waals surface area contributed by atoms with Crippen LogP contribution in [0.25, 0.3) is 0 Å². The lowest BCUT2D eigenvalue weighted by Gasteiger charge is -2.12. The van der Waals surface area contributed by atoms with Crippen molar-refractivity contribution >= 4 is 11.6 Å². The van der Waals surface area contributed by atoms with Gasteiger partial charge in [-0.2, -0.15) is 22.0 Å². The SMILES string of the molecule is CC.CC/C=C(Cl)\C(=C/Cc1cc(O)c(=O)n(C(F)F)c1)C(F)(F)F. The number of hydrogen-bond acceptors (Lipinski definition) is 2. The van der Waals surface area contributed by atoms with Gasteiger partial charge in [0.15, 0.2) is 5.75 Å². The van der Waals surface area contributed by atoms with E-state index in [1.165, 1.54) is 6.08 Å². The largest absolute Gasteiger partial charge is 0.503 e. The van der Waals surface area contributed by atoms with Crippen molar-refractivity contribution in [2.75, 3.05) is 0 Å². The van der Waals surface area contributed by atoms with Gasteiger partial charge in [-0.25, -0.2) is 0 Å². The molecule has 1 heterocycles. The lowest BCUT2D eigenvalue weighted by molar-refractivity contribution is -0.0888. The Bertz CT molecular complexity index is 678. The number of hydrogen-bond donors (Lipinski definition) is 1. The van der Waals surface area contributed by atoms with Crippen molar-refractivity contribution in [3.05, 3.63) is 50.9 Å². The predicted molar refractivity (Wildman–Crippen MR) is 87.0 cm³/mol. The summed E-state index contributed by atoms with van der Waals surface area (Å²) in [6, 6.07) is 0.836. The van der Waals surface area contributed by atoms with E-state index in [4.69, 9.17) is 11.6 Å². The Hall–Kier alpha value is -1.83. The zero-order chi connectivity index (χ0) is 19.8. The molecule has 1 aromatic heterocycles. The maximum absolute atomic E-state index is 12.9. The number of aromatic nitrogens is 1. The summed E-state index contributed by atoms with van der Waals surface area (Å²) in [6.07, 6.45) is -2.31. The number of rotatable bonds is 5. The number of halogens is 6. The van der Waals surface area contributed by atoms with E-state index in [0.717, 1.165) is 6.07 Å². The Morgan fingerprint density at radius 2 is 1.88 bits per heavy atom. The molecule has 3 nitrogen and oxygen atoms in total. The van der Waals surface area contributed by atoms with E-state index >= 15 is 0 Å². The van der Waals surface area contributed by atoms with Crippen molar-refractivity contribution in [2.45, 2.75) is 46.3 Å². The van der Waals surface area contributed by atoms with Gasteiger partial charge in [0.25, 0.3) is 5.56 Å². The van der Waals surface area contributed by atoms with Crippen LogP contribution in [-0.2, 0) is 6.42 Å². The molecular weight excluding hydrogens is 369 g/mol. The highest BCUT2D eigenvalue weighted by Gasteiger charge is 2.35. The quantitative estimate of drug-likeness (QED) is 0.532. The molecule has 0 radical (unpaired) electrons. The molecule has 0 amide bonds. The first kappa shape index (κ1) is 23.2. The highest BCUT2D eigenvalue weighted by atomic mass is 35.5. The van der Waals surface area contributed by atoms with Gasteiger partial charge < -0.3 is 5.11 Å².